The molecule has 0 radical (unpaired) electrons. The Kier molecular flexibility index (Phi) is 3.26. The molecule has 2 rings (SSSR count). The topological polar surface area (TPSA) is 63.8 Å². The zero-order chi connectivity index (χ0) is 11.5. The first-order chi connectivity index (χ1) is 7.65. The number of rotatable bonds is 2. The molecule has 0 aliphatic heterocycles. The summed E-state index contributed by atoms with van der Waals surface area (Å²) in [5, 5.41) is 3.63. The third kappa shape index (κ3) is 2.62. The van der Waals surface area contributed by atoms with Gasteiger partial charge in [0.25, 0.3) is 0 Å². The van der Waals surface area contributed by atoms with Crippen molar-refractivity contribution in [2.45, 2.75) is 0 Å². The van der Waals surface area contributed by atoms with Crippen LogP contribution in [0.3, 0.4) is 0 Å². The molecule has 0 saturated carbocycles. The summed E-state index contributed by atoms with van der Waals surface area (Å²) in [7, 11) is 0. The summed E-state index contributed by atoms with van der Waals surface area (Å²) in [6.45, 7) is 0. The Morgan fingerprint density at radius 1 is 1.31 bits per heavy atom. The van der Waals surface area contributed by atoms with Crippen LogP contribution in [-0.2, 0) is 0 Å². The maximum absolute atomic E-state index is 6.05. The van der Waals surface area contributed by atoms with E-state index < -0.39 is 0 Å². The van der Waals surface area contributed by atoms with Gasteiger partial charge in [-0.1, -0.05) is 27.5 Å². The van der Waals surface area contributed by atoms with E-state index in [1.54, 1.807) is 12.3 Å². The van der Waals surface area contributed by atoms with Gasteiger partial charge in [-0.15, -0.1) is 0 Å². The Labute approximate surface area is 106 Å². The Hall–Kier alpha value is -1.33. The zero-order valence-electron chi connectivity index (χ0n) is 8.11. The molecule has 1 aromatic carbocycles. The highest BCUT2D eigenvalue weighted by Crippen LogP contribution is 2.27. The van der Waals surface area contributed by atoms with Gasteiger partial charge >= 0.3 is 0 Å². The largest absolute Gasteiger partial charge is 0.382 e. The summed E-state index contributed by atoms with van der Waals surface area (Å²) in [4.78, 5) is 7.99. The lowest BCUT2D eigenvalue weighted by Crippen LogP contribution is -1.98. The maximum Gasteiger partial charge on any atom is 0.151 e. The molecule has 3 N–H and O–H groups in total. The summed E-state index contributed by atoms with van der Waals surface area (Å²) >= 11 is 9.38. The van der Waals surface area contributed by atoms with Gasteiger partial charge in [0.1, 0.15) is 5.82 Å². The average Bonchev–Trinajstić information content (AvgIpc) is 2.22. The van der Waals surface area contributed by atoms with Gasteiger partial charge in [-0.2, -0.15) is 0 Å². The Bertz CT molecular complexity index is 518. The van der Waals surface area contributed by atoms with Crippen LogP contribution >= 0.6 is 27.5 Å². The predicted octanol–water partition coefficient (Wildman–Crippen LogP) is 3.22. The van der Waals surface area contributed by atoms with Crippen LogP contribution in [0.4, 0.5) is 17.3 Å². The first-order valence-electron chi connectivity index (χ1n) is 4.45. The van der Waals surface area contributed by atoms with E-state index in [0.29, 0.717) is 16.7 Å². The molecule has 0 saturated heterocycles. The summed E-state index contributed by atoms with van der Waals surface area (Å²) in [6, 6.07) is 5.52. The van der Waals surface area contributed by atoms with Crippen molar-refractivity contribution in [1.29, 1.82) is 0 Å². The Morgan fingerprint density at radius 2 is 2.12 bits per heavy atom. The van der Waals surface area contributed by atoms with Crippen LogP contribution in [0.2, 0.25) is 5.02 Å². The van der Waals surface area contributed by atoms with E-state index >= 15 is 0 Å². The van der Waals surface area contributed by atoms with Crippen molar-refractivity contribution in [3.05, 3.63) is 40.1 Å². The van der Waals surface area contributed by atoms with E-state index in [4.69, 9.17) is 17.3 Å². The second kappa shape index (κ2) is 4.67. The van der Waals surface area contributed by atoms with Crippen LogP contribution < -0.4 is 11.1 Å². The minimum Gasteiger partial charge on any atom is -0.382 e. The molecule has 0 atom stereocenters. The van der Waals surface area contributed by atoms with Gasteiger partial charge in [0, 0.05) is 4.47 Å². The van der Waals surface area contributed by atoms with Gasteiger partial charge < -0.3 is 11.1 Å². The first kappa shape index (κ1) is 11.2. The first-order valence-corrected chi connectivity index (χ1v) is 5.62. The van der Waals surface area contributed by atoms with Crippen molar-refractivity contribution in [2.75, 3.05) is 11.1 Å². The number of anilines is 3. The molecule has 0 aliphatic rings. The highest BCUT2D eigenvalue weighted by molar-refractivity contribution is 9.10. The van der Waals surface area contributed by atoms with Crippen LogP contribution in [0.1, 0.15) is 0 Å². The van der Waals surface area contributed by atoms with Gasteiger partial charge in [-0.05, 0) is 18.2 Å². The van der Waals surface area contributed by atoms with E-state index in [0.717, 1.165) is 10.2 Å². The van der Waals surface area contributed by atoms with Crippen molar-refractivity contribution in [2.24, 2.45) is 0 Å². The summed E-state index contributed by atoms with van der Waals surface area (Å²) in [5.74, 6) is 0.919. The van der Waals surface area contributed by atoms with Crippen LogP contribution in [0, 0.1) is 0 Å². The Balaban J connectivity index is 2.27. The van der Waals surface area contributed by atoms with Crippen LogP contribution in [-0.4, -0.2) is 9.97 Å². The van der Waals surface area contributed by atoms with Crippen molar-refractivity contribution in [3.8, 4) is 0 Å². The molecule has 6 heteroatoms. The second-order valence-electron chi connectivity index (χ2n) is 3.08. The number of nitrogen functional groups attached to an aromatic ring is 1. The summed E-state index contributed by atoms with van der Waals surface area (Å²) in [5.41, 5.74) is 6.27. The number of nitrogens with one attached hydrogen (secondary N) is 1. The lowest BCUT2D eigenvalue weighted by Gasteiger charge is -2.07. The molecule has 4 nitrogen and oxygen atoms in total. The van der Waals surface area contributed by atoms with Crippen LogP contribution in [0.5, 0.6) is 0 Å². The molecule has 1 heterocycles. The fraction of sp³-hybridized carbons (Fsp3) is 0. The molecule has 2 aromatic rings. The summed E-state index contributed by atoms with van der Waals surface area (Å²) < 4.78 is 0.918. The third-order valence-electron chi connectivity index (χ3n) is 1.85. The van der Waals surface area contributed by atoms with Crippen molar-refractivity contribution in [1.82, 2.24) is 9.97 Å². The maximum atomic E-state index is 6.05. The zero-order valence-corrected chi connectivity index (χ0v) is 10.5. The quantitative estimate of drug-likeness (QED) is 0.893. The van der Waals surface area contributed by atoms with E-state index in [-0.39, 0.29) is 0 Å². The van der Waals surface area contributed by atoms with E-state index in [2.05, 4.69) is 31.2 Å². The molecule has 0 bridgehead atoms. The standard InChI is InChI=1S/C10H8BrClN4/c11-6-1-2-8(7(12)3-6)15-10-5-14-4-9(13)16-10/h1-5H,(H3,13,15,16). The number of nitrogens with zero attached hydrogens (tertiary/aromatic N) is 2. The average molecular weight is 300 g/mol. The normalized spacial score (nSPS) is 10.1. The molecular formula is C10H8BrClN4. The highest BCUT2D eigenvalue weighted by atomic mass is 79.9. The smallest absolute Gasteiger partial charge is 0.151 e. The van der Waals surface area contributed by atoms with E-state index in [9.17, 15) is 0 Å². The molecule has 0 fully saturated rings. The van der Waals surface area contributed by atoms with Crippen molar-refractivity contribution in [3.63, 3.8) is 0 Å². The van der Waals surface area contributed by atoms with Crippen LogP contribution in [0.15, 0.2) is 35.1 Å². The Morgan fingerprint density at radius 3 is 2.81 bits per heavy atom. The minimum atomic E-state index is 0.359. The number of hydrogen-bond donors (Lipinski definition) is 2. The monoisotopic (exact) mass is 298 g/mol. The highest BCUT2D eigenvalue weighted by Gasteiger charge is 2.02. The molecule has 0 spiro atoms. The van der Waals surface area contributed by atoms with Gasteiger partial charge in [0.2, 0.25) is 0 Å². The number of benzene rings is 1. The molecule has 0 amide bonds. The van der Waals surface area contributed by atoms with Gasteiger partial charge in [0.15, 0.2) is 5.82 Å². The third-order valence-corrected chi connectivity index (χ3v) is 2.65. The number of aromatic nitrogens is 2. The number of halogens is 2. The van der Waals surface area contributed by atoms with Gasteiger partial charge in [0.05, 0.1) is 23.1 Å². The molecular weight excluding hydrogens is 291 g/mol. The van der Waals surface area contributed by atoms with E-state index in [1.807, 2.05) is 12.1 Å². The molecule has 1 aromatic heterocycles. The minimum absolute atomic E-state index is 0.359. The molecule has 0 unspecified atom stereocenters. The molecule has 16 heavy (non-hydrogen) atoms. The molecule has 82 valence electrons. The van der Waals surface area contributed by atoms with Crippen molar-refractivity contribution >= 4 is 44.9 Å². The fourth-order valence-corrected chi connectivity index (χ4v) is 1.89. The van der Waals surface area contributed by atoms with Gasteiger partial charge in [-0.25, -0.2) is 4.98 Å². The lowest BCUT2D eigenvalue weighted by molar-refractivity contribution is 1.21. The number of nitrogens with two attached hydrogens (primary N) is 1. The van der Waals surface area contributed by atoms with Crippen LogP contribution in [0.25, 0.3) is 0 Å². The predicted molar refractivity (Wildman–Crippen MR) is 68.9 cm³/mol. The second-order valence-corrected chi connectivity index (χ2v) is 4.40. The van der Waals surface area contributed by atoms with Crippen molar-refractivity contribution < 1.29 is 0 Å². The SMILES string of the molecule is Nc1cncc(Nc2ccc(Br)cc2Cl)n1. The van der Waals surface area contributed by atoms with Gasteiger partial charge in [-0.3, -0.25) is 4.98 Å². The molecule has 0 aliphatic carbocycles. The van der Waals surface area contributed by atoms with E-state index in [1.165, 1.54) is 6.20 Å². The lowest BCUT2D eigenvalue weighted by atomic mass is 10.3. The summed E-state index contributed by atoms with van der Waals surface area (Å²) in [6.07, 6.45) is 3.06. The fourth-order valence-electron chi connectivity index (χ4n) is 1.17. The number of hydrogen-bond acceptors (Lipinski definition) is 4.